The van der Waals surface area contributed by atoms with E-state index in [1.54, 1.807) is 7.11 Å². The molecule has 0 aliphatic heterocycles. The van der Waals surface area contributed by atoms with Crippen LogP contribution in [0.2, 0.25) is 0 Å². The van der Waals surface area contributed by atoms with Crippen LogP contribution in [0.1, 0.15) is 39.5 Å². The van der Waals surface area contributed by atoms with Crippen LogP contribution < -0.4 is 5.32 Å². The van der Waals surface area contributed by atoms with Crippen LogP contribution in [0.5, 0.6) is 0 Å². The number of likely N-dealkylation sites (N-methyl/N-ethyl adjacent to an activating group) is 1. The second-order valence-corrected chi connectivity index (χ2v) is 4.50. The highest BCUT2D eigenvalue weighted by Crippen LogP contribution is 1.98. The third-order valence-corrected chi connectivity index (χ3v) is 2.98. The Kier molecular flexibility index (Phi) is 10.2. The third kappa shape index (κ3) is 8.16. The maximum absolute atomic E-state index is 11.8. The number of unbranched alkanes of at least 4 members (excludes halogenated alkanes) is 2. The van der Waals surface area contributed by atoms with Crippen LogP contribution in [-0.4, -0.2) is 50.7 Å². The molecule has 1 amide bonds. The molecule has 0 heterocycles. The van der Waals surface area contributed by atoms with Gasteiger partial charge < -0.3 is 10.1 Å². The molecule has 4 nitrogen and oxygen atoms in total. The summed E-state index contributed by atoms with van der Waals surface area (Å²) in [6.07, 6.45) is 4.39. The minimum absolute atomic E-state index is 0.0616. The standard InChI is InChI=1S/C13H28N2O2/c1-5-6-7-9-14-13(16)12(2)15(3)10-8-11-17-4/h12H,5-11H2,1-4H3,(H,14,16). The molecule has 0 saturated carbocycles. The molecular formula is C13H28N2O2. The maximum Gasteiger partial charge on any atom is 0.237 e. The molecule has 0 saturated heterocycles. The van der Waals surface area contributed by atoms with Crippen LogP contribution in [0, 0.1) is 0 Å². The number of methoxy groups -OCH3 is 1. The highest BCUT2D eigenvalue weighted by atomic mass is 16.5. The summed E-state index contributed by atoms with van der Waals surface area (Å²) in [6, 6.07) is -0.0616. The Morgan fingerprint density at radius 3 is 2.65 bits per heavy atom. The fourth-order valence-corrected chi connectivity index (χ4v) is 1.59. The van der Waals surface area contributed by atoms with E-state index in [-0.39, 0.29) is 11.9 Å². The number of nitrogens with one attached hydrogen (secondary N) is 1. The summed E-state index contributed by atoms with van der Waals surface area (Å²) in [5.74, 6) is 0.126. The van der Waals surface area contributed by atoms with Crippen molar-refractivity contribution in [3.8, 4) is 0 Å². The fraction of sp³-hybridized carbons (Fsp3) is 0.923. The van der Waals surface area contributed by atoms with Crippen molar-refractivity contribution in [2.45, 2.75) is 45.6 Å². The zero-order valence-electron chi connectivity index (χ0n) is 11.8. The van der Waals surface area contributed by atoms with Crippen molar-refractivity contribution in [1.82, 2.24) is 10.2 Å². The van der Waals surface area contributed by atoms with E-state index in [4.69, 9.17) is 4.74 Å². The molecule has 0 aliphatic carbocycles. The smallest absolute Gasteiger partial charge is 0.237 e. The number of ether oxygens (including phenoxy) is 1. The average molecular weight is 244 g/mol. The van der Waals surface area contributed by atoms with Crippen LogP contribution in [0.4, 0.5) is 0 Å². The molecule has 1 N–H and O–H groups in total. The van der Waals surface area contributed by atoms with Gasteiger partial charge in [-0.3, -0.25) is 9.69 Å². The first-order valence-corrected chi connectivity index (χ1v) is 6.60. The van der Waals surface area contributed by atoms with E-state index in [0.29, 0.717) is 0 Å². The van der Waals surface area contributed by atoms with Crippen molar-refractivity contribution in [1.29, 1.82) is 0 Å². The first kappa shape index (κ1) is 16.4. The quantitative estimate of drug-likeness (QED) is 0.594. The van der Waals surface area contributed by atoms with E-state index in [1.165, 1.54) is 12.8 Å². The van der Waals surface area contributed by atoms with Gasteiger partial charge >= 0.3 is 0 Å². The second-order valence-electron chi connectivity index (χ2n) is 4.50. The lowest BCUT2D eigenvalue weighted by Gasteiger charge is -2.23. The Morgan fingerprint density at radius 1 is 1.35 bits per heavy atom. The van der Waals surface area contributed by atoms with Crippen LogP contribution in [0.15, 0.2) is 0 Å². The van der Waals surface area contributed by atoms with Crippen molar-refractivity contribution in [3.05, 3.63) is 0 Å². The summed E-state index contributed by atoms with van der Waals surface area (Å²) in [6.45, 7) is 6.53. The summed E-state index contributed by atoms with van der Waals surface area (Å²) in [5, 5.41) is 2.98. The van der Waals surface area contributed by atoms with Gasteiger partial charge in [0.25, 0.3) is 0 Å². The normalized spacial score (nSPS) is 12.8. The molecular weight excluding hydrogens is 216 g/mol. The zero-order chi connectivity index (χ0) is 13.1. The number of carbonyl (C=O) groups is 1. The molecule has 0 aromatic heterocycles. The Balaban J connectivity index is 3.70. The average Bonchev–Trinajstić information content (AvgIpc) is 2.33. The Labute approximate surface area is 106 Å². The Hall–Kier alpha value is -0.610. The third-order valence-electron chi connectivity index (χ3n) is 2.98. The number of hydrogen-bond donors (Lipinski definition) is 1. The summed E-state index contributed by atoms with van der Waals surface area (Å²) in [4.78, 5) is 13.9. The van der Waals surface area contributed by atoms with Gasteiger partial charge in [-0.05, 0) is 26.8 Å². The van der Waals surface area contributed by atoms with Gasteiger partial charge in [-0.15, -0.1) is 0 Å². The molecule has 4 heteroatoms. The predicted molar refractivity (Wildman–Crippen MR) is 71.1 cm³/mol. The number of nitrogens with zero attached hydrogens (tertiary/aromatic N) is 1. The fourth-order valence-electron chi connectivity index (χ4n) is 1.59. The van der Waals surface area contributed by atoms with Gasteiger partial charge in [0.15, 0.2) is 0 Å². The number of amides is 1. The molecule has 0 spiro atoms. The van der Waals surface area contributed by atoms with Gasteiger partial charge in [0.2, 0.25) is 5.91 Å². The SMILES string of the molecule is CCCCCNC(=O)C(C)N(C)CCCOC. The molecule has 0 aromatic rings. The van der Waals surface area contributed by atoms with Crippen molar-refractivity contribution in [2.75, 3.05) is 33.9 Å². The molecule has 0 radical (unpaired) electrons. The highest BCUT2D eigenvalue weighted by molar-refractivity contribution is 5.81. The van der Waals surface area contributed by atoms with Gasteiger partial charge in [0.05, 0.1) is 6.04 Å². The largest absolute Gasteiger partial charge is 0.385 e. The van der Waals surface area contributed by atoms with Crippen molar-refractivity contribution < 1.29 is 9.53 Å². The molecule has 17 heavy (non-hydrogen) atoms. The van der Waals surface area contributed by atoms with E-state index >= 15 is 0 Å². The van der Waals surface area contributed by atoms with Gasteiger partial charge in [-0.2, -0.15) is 0 Å². The second kappa shape index (κ2) is 10.5. The van der Waals surface area contributed by atoms with Gasteiger partial charge in [0.1, 0.15) is 0 Å². The first-order valence-electron chi connectivity index (χ1n) is 6.60. The van der Waals surface area contributed by atoms with Crippen LogP contribution in [-0.2, 0) is 9.53 Å². The van der Waals surface area contributed by atoms with E-state index in [1.807, 2.05) is 14.0 Å². The van der Waals surface area contributed by atoms with Gasteiger partial charge in [0, 0.05) is 26.8 Å². The summed E-state index contributed by atoms with van der Waals surface area (Å²) in [5.41, 5.74) is 0. The molecule has 0 bridgehead atoms. The number of rotatable bonds is 10. The lowest BCUT2D eigenvalue weighted by Crippen LogP contribution is -2.44. The van der Waals surface area contributed by atoms with Crippen LogP contribution >= 0.6 is 0 Å². The summed E-state index contributed by atoms with van der Waals surface area (Å²) >= 11 is 0. The summed E-state index contributed by atoms with van der Waals surface area (Å²) in [7, 11) is 3.68. The zero-order valence-corrected chi connectivity index (χ0v) is 11.8. The first-order chi connectivity index (χ1) is 8.13. The lowest BCUT2D eigenvalue weighted by molar-refractivity contribution is -0.125. The topological polar surface area (TPSA) is 41.6 Å². The van der Waals surface area contributed by atoms with Gasteiger partial charge in [-0.1, -0.05) is 19.8 Å². The summed E-state index contributed by atoms with van der Waals surface area (Å²) < 4.78 is 5.00. The molecule has 0 rings (SSSR count). The minimum Gasteiger partial charge on any atom is -0.385 e. The highest BCUT2D eigenvalue weighted by Gasteiger charge is 2.16. The Bertz CT molecular complexity index is 198. The van der Waals surface area contributed by atoms with Crippen LogP contribution in [0.3, 0.4) is 0 Å². The molecule has 102 valence electrons. The van der Waals surface area contributed by atoms with E-state index < -0.39 is 0 Å². The monoisotopic (exact) mass is 244 g/mol. The van der Waals surface area contributed by atoms with E-state index in [9.17, 15) is 4.79 Å². The lowest BCUT2D eigenvalue weighted by atomic mass is 10.2. The van der Waals surface area contributed by atoms with Crippen LogP contribution in [0.25, 0.3) is 0 Å². The van der Waals surface area contributed by atoms with Crippen molar-refractivity contribution >= 4 is 5.91 Å². The minimum atomic E-state index is -0.0616. The number of carbonyl (C=O) groups excluding carboxylic acids is 1. The Morgan fingerprint density at radius 2 is 2.06 bits per heavy atom. The van der Waals surface area contributed by atoms with E-state index in [2.05, 4.69) is 17.1 Å². The molecule has 1 atom stereocenters. The molecule has 1 unspecified atom stereocenters. The van der Waals surface area contributed by atoms with Crippen molar-refractivity contribution in [2.24, 2.45) is 0 Å². The molecule has 0 fully saturated rings. The van der Waals surface area contributed by atoms with E-state index in [0.717, 1.165) is 32.5 Å². The molecule has 0 aliphatic rings. The van der Waals surface area contributed by atoms with Gasteiger partial charge in [-0.25, -0.2) is 0 Å². The number of hydrogen-bond acceptors (Lipinski definition) is 3. The predicted octanol–water partition coefficient (Wildman–Crippen LogP) is 1.65. The molecule has 0 aromatic carbocycles. The van der Waals surface area contributed by atoms with Crippen molar-refractivity contribution in [3.63, 3.8) is 0 Å². The maximum atomic E-state index is 11.8.